The predicted molar refractivity (Wildman–Crippen MR) is 81.2 cm³/mol. The van der Waals surface area contributed by atoms with E-state index in [-0.39, 0.29) is 16.7 Å². The van der Waals surface area contributed by atoms with E-state index in [2.05, 4.69) is 44.8 Å². The lowest BCUT2D eigenvalue weighted by Crippen LogP contribution is -2.66. The highest BCUT2D eigenvalue weighted by atomic mass is 32.2. The minimum absolute atomic E-state index is 0.0619. The van der Waals surface area contributed by atoms with Crippen molar-refractivity contribution in [1.82, 2.24) is 10.2 Å². The highest BCUT2D eigenvalue weighted by Crippen LogP contribution is 2.29. The molecule has 19 heavy (non-hydrogen) atoms. The van der Waals surface area contributed by atoms with Crippen molar-refractivity contribution in [3.05, 3.63) is 0 Å². The Balaban J connectivity index is 2.80. The molecule has 0 amide bonds. The molecule has 114 valence electrons. The van der Waals surface area contributed by atoms with Gasteiger partial charge in [0.2, 0.25) is 0 Å². The first-order valence-corrected chi connectivity index (χ1v) is 9.20. The Labute approximate surface area is 118 Å². The monoisotopic (exact) mass is 290 g/mol. The van der Waals surface area contributed by atoms with Crippen LogP contribution in [0.15, 0.2) is 0 Å². The summed E-state index contributed by atoms with van der Waals surface area (Å²) in [5.41, 5.74) is 0.255. The largest absolute Gasteiger partial charge is 0.310 e. The Morgan fingerprint density at radius 1 is 1.37 bits per heavy atom. The summed E-state index contributed by atoms with van der Waals surface area (Å²) in [4.78, 5) is 2.36. The van der Waals surface area contributed by atoms with Gasteiger partial charge in [0.25, 0.3) is 0 Å². The summed E-state index contributed by atoms with van der Waals surface area (Å²) >= 11 is 0. The van der Waals surface area contributed by atoms with Crippen LogP contribution in [0.4, 0.5) is 0 Å². The Kier molecular flexibility index (Phi) is 5.08. The molecular formula is C14H30N2O2S. The van der Waals surface area contributed by atoms with Crippen LogP contribution >= 0.6 is 0 Å². The Morgan fingerprint density at radius 2 is 1.95 bits per heavy atom. The molecule has 1 N–H and O–H groups in total. The first-order valence-electron chi connectivity index (χ1n) is 7.14. The van der Waals surface area contributed by atoms with Crippen molar-refractivity contribution in [2.75, 3.05) is 31.6 Å². The first kappa shape index (κ1) is 16.9. The smallest absolute Gasteiger partial charge is 0.148 e. The maximum Gasteiger partial charge on any atom is 0.148 e. The fourth-order valence-corrected chi connectivity index (χ4v) is 3.08. The van der Waals surface area contributed by atoms with Crippen LogP contribution in [-0.4, -0.2) is 56.5 Å². The van der Waals surface area contributed by atoms with Crippen LogP contribution in [0.1, 0.15) is 41.0 Å². The van der Waals surface area contributed by atoms with E-state index in [9.17, 15) is 8.42 Å². The Hall–Kier alpha value is -0.130. The van der Waals surface area contributed by atoms with Crippen molar-refractivity contribution in [3.63, 3.8) is 0 Å². The lowest BCUT2D eigenvalue weighted by atomic mass is 9.82. The van der Waals surface area contributed by atoms with Gasteiger partial charge in [-0.3, -0.25) is 4.90 Å². The molecule has 2 unspecified atom stereocenters. The molecule has 1 aliphatic heterocycles. The summed E-state index contributed by atoms with van der Waals surface area (Å²) in [6, 6.07) is 0.409. The van der Waals surface area contributed by atoms with Gasteiger partial charge < -0.3 is 5.32 Å². The summed E-state index contributed by atoms with van der Waals surface area (Å²) in [6.07, 6.45) is 2.35. The molecule has 1 rings (SSSR count). The van der Waals surface area contributed by atoms with Crippen LogP contribution in [0.2, 0.25) is 0 Å². The molecule has 1 aliphatic rings. The maximum absolute atomic E-state index is 11.4. The van der Waals surface area contributed by atoms with Crippen LogP contribution in [0, 0.1) is 5.41 Å². The zero-order valence-corrected chi connectivity index (χ0v) is 14.1. The standard InChI is InChI=1S/C14H30N2O2S/c1-7-14(5)11-15-12(13(2,3)4)10-16(14)8-9-19(6,17)18/h12,15H,7-11H2,1-6H3. The van der Waals surface area contributed by atoms with Crippen LogP contribution < -0.4 is 5.32 Å². The first-order chi connectivity index (χ1) is 8.48. The molecule has 1 saturated heterocycles. The van der Waals surface area contributed by atoms with Gasteiger partial charge in [-0.25, -0.2) is 8.42 Å². The molecule has 0 aromatic heterocycles. The quantitative estimate of drug-likeness (QED) is 0.853. The summed E-state index contributed by atoms with van der Waals surface area (Å²) in [5, 5.41) is 3.64. The van der Waals surface area contributed by atoms with Crippen LogP contribution in [-0.2, 0) is 9.84 Å². The molecule has 0 aromatic carbocycles. The van der Waals surface area contributed by atoms with E-state index in [0.717, 1.165) is 19.5 Å². The number of rotatable bonds is 4. The lowest BCUT2D eigenvalue weighted by Gasteiger charge is -2.51. The van der Waals surface area contributed by atoms with E-state index in [1.54, 1.807) is 0 Å². The van der Waals surface area contributed by atoms with E-state index >= 15 is 0 Å². The predicted octanol–water partition coefficient (Wildman–Crippen LogP) is 1.52. The second-order valence-electron chi connectivity index (χ2n) is 7.23. The number of nitrogens with one attached hydrogen (secondary N) is 1. The number of hydrogen-bond donors (Lipinski definition) is 1. The van der Waals surface area contributed by atoms with Crippen molar-refractivity contribution in [2.24, 2.45) is 5.41 Å². The lowest BCUT2D eigenvalue weighted by molar-refractivity contribution is 0.0271. The highest BCUT2D eigenvalue weighted by molar-refractivity contribution is 7.90. The van der Waals surface area contributed by atoms with Crippen LogP contribution in [0.5, 0.6) is 0 Å². The second kappa shape index (κ2) is 5.70. The molecular weight excluding hydrogens is 260 g/mol. The molecule has 0 spiro atoms. The molecule has 4 nitrogen and oxygen atoms in total. The molecule has 2 atom stereocenters. The number of sulfone groups is 1. The summed E-state index contributed by atoms with van der Waals surface area (Å²) in [7, 11) is -2.90. The summed E-state index contributed by atoms with van der Waals surface area (Å²) in [6.45, 7) is 13.6. The number of nitrogens with zero attached hydrogens (tertiary/aromatic N) is 1. The van der Waals surface area contributed by atoms with E-state index in [1.807, 2.05) is 0 Å². The van der Waals surface area contributed by atoms with Crippen molar-refractivity contribution in [2.45, 2.75) is 52.6 Å². The van der Waals surface area contributed by atoms with Gasteiger partial charge in [0.1, 0.15) is 9.84 Å². The third-order valence-corrected chi connectivity index (χ3v) is 5.36. The fourth-order valence-electron chi connectivity index (χ4n) is 2.53. The van der Waals surface area contributed by atoms with E-state index < -0.39 is 9.84 Å². The van der Waals surface area contributed by atoms with Crippen molar-refractivity contribution in [1.29, 1.82) is 0 Å². The number of hydrogen-bond acceptors (Lipinski definition) is 4. The highest BCUT2D eigenvalue weighted by Gasteiger charge is 2.39. The molecule has 0 bridgehead atoms. The molecule has 5 heteroatoms. The minimum Gasteiger partial charge on any atom is -0.310 e. The second-order valence-corrected chi connectivity index (χ2v) is 9.49. The Morgan fingerprint density at radius 3 is 2.37 bits per heavy atom. The van der Waals surface area contributed by atoms with Crippen LogP contribution in [0.25, 0.3) is 0 Å². The van der Waals surface area contributed by atoms with Gasteiger partial charge in [-0.15, -0.1) is 0 Å². The average molecular weight is 290 g/mol. The van der Waals surface area contributed by atoms with Crippen molar-refractivity contribution in [3.8, 4) is 0 Å². The molecule has 1 fully saturated rings. The van der Waals surface area contributed by atoms with E-state index in [1.165, 1.54) is 6.26 Å². The van der Waals surface area contributed by atoms with Gasteiger partial charge in [-0.05, 0) is 18.8 Å². The zero-order chi connectivity index (χ0) is 14.9. The summed E-state index contributed by atoms with van der Waals surface area (Å²) < 4.78 is 22.8. The molecule has 0 aliphatic carbocycles. The van der Waals surface area contributed by atoms with Gasteiger partial charge >= 0.3 is 0 Å². The third kappa shape index (κ3) is 4.72. The molecule has 0 aromatic rings. The number of piperazine rings is 1. The average Bonchev–Trinajstić information content (AvgIpc) is 2.25. The van der Waals surface area contributed by atoms with Gasteiger partial charge in [-0.1, -0.05) is 27.7 Å². The maximum atomic E-state index is 11.4. The van der Waals surface area contributed by atoms with Gasteiger partial charge in [-0.2, -0.15) is 0 Å². The summed E-state index contributed by atoms with van der Waals surface area (Å²) in [5.74, 6) is 0.249. The topological polar surface area (TPSA) is 49.4 Å². The van der Waals surface area contributed by atoms with Crippen molar-refractivity contribution < 1.29 is 8.42 Å². The SMILES string of the molecule is CCC1(C)CNC(C(C)(C)C)CN1CCS(C)(=O)=O. The fraction of sp³-hybridized carbons (Fsp3) is 1.00. The normalized spacial score (nSPS) is 30.5. The zero-order valence-electron chi connectivity index (χ0n) is 13.3. The van der Waals surface area contributed by atoms with E-state index in [4.69, 9.17) is 0 Å². The molecule has 0 saturated carbocycles. The van der Waals surface area contributed by atoms with Gasteiger partial charge in [0.05, 0.1) is 5.75 Å². The Bertz CT molecular complexity index is 400. The van der Waals surface area contributed by atoms with Crippen molar-refractivity contribution >= 4 is 9.84 Å². The molecule has 0 radical (unpaired) electrons. The third-order valence-electron chi connectivity index (χ3n) is 4.43. The van der Waals surface area contributed by atoms with E-state index in [0.29, 0.717) is 12.6 Å². The van der Waals surface area contributed by atoms with Crippen LogP contribution in [0.3, 0.4) is 0 Å². The van der Waals surface area contributed by atoms with Gasteiger partial charge in [0, 0.05) is 37.5 Å². The van der Waals surface area contributed by atoms with Gasteiger partial charge in [0.15, 0.2) is 0 Å². The molecule has 1 heterocycles. The minimum atomic E-state index is -2.90.